The van der Waals surface area contributed by atoms with Crippen LogP contribution >= 0.6 is 11.6 Å². The van der Waals surface area contributed by atoms with E-state index in [2.05, 4.69) is 5.32 Å². The molecule has 0 saturated heterocycles. The third kappa shape index (κ3) is 3.34. The molecule has 0 aliphatic carbocycles. The van der Waals surface area contributed by atoms with Crippen molar-refractivity contribution >= 4 is 23.2 Å². The second-order valence-electron chi connectivity index (χ2n) is 4.22. The summed E-state index contributed by atoms with van der Waals surface area (Å²) in [6, 6.07) is 13.8. The molecule has 1 unspecified atom stereocenters. The fraction of sp³-hybridized carbons (Fsp3) is 0.133. The second kappa shape index (κ2) is 5.87. The Morgan fingerprint density at radius 1 is 1.16 bits per heavy atom. The van der Waals surface area contributed by atoms with Crippen molar-refractivity contribution in [2.24, 2.45) is 0 Å². The Balaban J connectivity index is 2.22. The molecule has 0 aliphatic rings. The largest absolute Gasteiger partial charge is 0.389 e. The van der Waals surface area contributed by atoms with Crippen LogP contribution in [0.1, 0.15) is 28.9 Å². The molecule has 98 valence electrons. The molecule has 0 saturated carbocycles. The van der Waals surface area contributed by atoms with Gasteiger partial charge in [-0.3, -0.25) is 4.79 Å². The van der Waals surface area contributed by atoms with Crippen LogP contribution in [0.25, 0.3) is 0 Å². The Bertz CT molecular complexity index is 579. The van der Waals surface area contributed by atoms with Crippen molar-refractivity contribution in [1.82, 2.24) is 0 Å². The minimum atomic E-state index is -0.637. The molecule has 0 aromatic heterocycles. The number of carbonyl (C=O) groups is 1. The summed E-state index contributed by atoms with van der Waals surface area (Å²) in [5.41, 5.74) is 1.81. The molecule has 0 aliphatic heterocycles. The van der Waals surface area contributed by atoms with E-state index in [1.165, 1.54) is 0 Å². The quantitative estimate of drug-likeness (QED) is 0.898. The van der Waals surface area contributed by atoms with E-state index in [9.17, 15) is 9.90 Å². The molecule has 2 aromatic carbocycles. The third-order valence-electron chi connectivity index (χ3n) is 2.77. The van der Waals surface area contributed by atoms with Crippen molar-refractivity contribution in [2.45, 2.75) is 13.0 Å². The van der Waals surface area contributed by atoms with E-state index in [1.54, 1.807) is 43.3 Å². The zero-order valence-corrected chi connectivity index (χ0v) is 11.2. The van der Waals surface area contributed by atoms with E-state index in [1.807, 2.05) is 12.1 Å². The Morgan fingerprint density at radius 2 is 1.79 bits per heavy atom. The highest BCUT2D eigenvalue weighted by Crippen LogP contribution is 2.23. The average Bonchev–Trinajstić information content (AvgIpc) is 2.39. The summed E-state index contributed by atoms with van der Waals surface area (Å²) in [6.07, 6.45) is -0.637. The maximum absolute atomic E-state index is 12.1. The van der Waals surface area contributed by atoms with Crippen LogP contribution in [0.4, 0.5) is 5.69 Å². The van der Waals surface area contributed by atoms with Crippen molar-refractivity contribution in [3.05, 3.63) is 64.7 Å². The van der Waals surface area contributed by atoms with Gasteiger partial charge in [0.15, 0.2) is 0 Å². The predicted molar refractivity (Wildman–Crippen MR) is 76.5 cm³/mol. The third-order valence-corrected chi connectivity index (χ3v) is 3.02. The second-order valence-corrected chi connectivity index (χ2v) is 4.66. The Kier molecular flexibility index (Phi) is 4.20. The fourth-order valence-corrected chi connectivity index (χ4v) is 1.90. The number of aliphatic hydroxyl groups excluding tert-OH is 1. The highest BCUT2D eigenvalue weighted by atomic mass is 35.5. The Labute approximate surface area is 116 Å². The number of carbonyl (C=O) groups excluding carboxylic acids is 1. The lowest BCUT2D eigenvalue weighted by atomic mass is 10.1. The summed E-state index contributed by atoms with van der Waals surface area (Å²) >= 11 is 5.78. The predicted octanol–water partition coefficient (Wildman–Crippen LogP) is 3.65. The monoisotopic (exact) mass is 275 g/mol. The summed E-state index contributed by atoms with van der Waals surface area (Å²) in [5.74, 6) is -0.232. The first kappa shape index (κ1) is 13.6. The lowest BCUT2D eigenvalue weighted by Gasteiger charge is -2.13. The first-order valence-corrected chi connectivity index (χ1v) is 6.29. The van der Waals surface area contributed by atoms with Gasteiger partial charge in [0.05, 0.1) is 6.10 Å². The standard InChI is InChI=1S/C15H14ClNO2/c1-10(18)13-4-2-3-5-14(13)17-15(19)11-6-8-12(16)9-7-11/h2-10,18H,1H3,(H,17,19). The lowest BCUT2D eigenvalue weighted by Crippen LogP contribution is -2.13. The topological polar surface area (TPSA) is 49.3 Å². The molecule has 2 N–H and O–H groups in total. The maximum Gasteiger partial charge on any atom is 0.255 e. The minimum absolute atomic E-state index is 0.232. The molecule has 4 heteroatoms. The van der Waals surface area contributed by atoms with Crippen molar-refractivity contribution in [1.29, 1.82) is 0 Å². The highest BCUT2D eigenvalue weighted by Gasteiger charge is 2.11. The van der Waals surface area contributed by atoms with Crippen LogP contribution < -0.4 is 5.32 Å². The first-order chi connectivity index (χ1) is 9.08. The van der Waals surface area contributed by atoms with E-state index < -0.39 is 6.10 Å². The van der Waals surface area contributed by atoms with Crippen LogP contribution in [0.15, 0.2) is 48.5 Å². The summed E-state index contributed by atoms with van der Waals surface area (Å²) in [6.45, 7) is 1.66. The minimum Gasteiger partial charge on any atom is -0.389 e. The van der Waals surface area contributed by atoms with Crippen molar-refractivity contribution in [3.63, 3.8) is 0 Å². The highest BCUT2D eigenvalue weighted by molar-refractivity contribution is 6.30. The smallest absolute Gasteiger partial charge is 0.255 e. The van der Waals surface area contributed by atoms with E-state index in [0.717, 1.165) is 0 Å². The maximum atomic E-state index is 12.1. The van der Waals surface area contributed by atoms with Gasteiger partial charge in [0.25, 0.3) is 5.91 Å². The normalized spacial score (nSPS) is 11.9. The molecule has 0 radical (unpaired) electrons. The summed E-state index contributed by atoms with van der Waals surface area (Å²) in [5, 5.41) is 13.0. The number of aliphatic hydroxyl groups is 1. The lowest BCUT2D eigenvalue weighted by molar-refractivity contribution is 0.102. The van der Waals surface area contributed by atoms with Gasteiger partial charge < -0.3 is 10.4 Å². The van der Waals surface area contributed by atoms with Crippen LogP contribution in [0.3, 0.4) is 0 Å². The number of hydrogen-bond acceptors (Lipinski definition) is 2. The molecular weight excluding hydrogens is 262 g/mol. The van der Waals surface area contributed by atoms with Gasteiger partial charge in [0.2, 0.25) is 0 Å². The zero-order valence-electron chi connectivity index (χ0n) is 10.4. The number of anilines is 1. The van der Waals surface area contributed by atoms with Gasteiger partial charge in [0.1, 0.15) is 0 Å². The molecule has 0 heterocycles. The van der Waals surface area contributed by atoms with Crippen molar-refractivity contribution in [2.75, 3.05) is 5.32 Å². The Morgan fingerprint density at radius 3 is 2.42 bits per heavy atom. The number of halogens is 1. The van der Waals surface area contributed by atoms with Crippen LogP contribution in [0.5, 0.6) is 0 Å². The number of amides is 1. The van der Waals surface area contributed by atoms with Gasteiger partial charge in [-0.05, 0) is 37.3 Å². The molecule has 1 amide bonds. The van der Waals surface area contributed by atoms with E-state index in [4.69, 9.17) is 11.6 Å². The number of nitrogens with one attached hydrogen (secondary N) is 1. The Hall–Kier alpha value is -1.84. The zero-order chi connectivity index (χ0) is 13.8. The van der Waals surface area contributed by atoms with Gasteiger partial charge in [0, 0.05) is 21.8 Å². The van der Waals surface area contributed by atoms with Gasteiger partial charge in [-0.25, -0.2) is 0 Å². The van der Waals surface area contributed by atoms with Gasteiger partial charge in [-0.15, -0.1) is 0 Å². The summed E-state index contributed by atoms with van der Waals surface area (Å²) in [4.78, 5) is 12.1. The van der Waals surface area contributed by atoms with Crippen LogP contribution in [-0.4, -0.2) is 11.0 Å². The first-order valence-electron chi connectivity index (χ1n) is 5.92. The van der Waals surface area contributed by atoms with Crippen LogP contribution in [0, 0.1) is 0 Å². The summed E-state index contributed by atoms with van der Waals surface area (Å²) < 4.78 is 0. The molecular formula is C15H14ClNO2. The van der Waals surface area contributed by atoms with E-state index in [0.29, 0.717) is 21.8 Å². The summed E-state index contributed by atoms with van der Waals surface area (Å²) in [7, 11) is 0. The van der Waals surface area contributed by atoms with Gasteiger partial charge in [-0.1, -0.05) is 29.8 Å². The molecule has 0 fully saturated rings. The fourth-order valence-electron chi connectivity index (χ4n) is 1.77. The molecule has 2 rings (SSSR count). The van der Waals surface area contributed by atoms with E-state index in [-0.39, 0.29) is 5.91 Å². The average molecular weight is 276 g/mol. The van der Waals surface area contributed by atoms with Crippen LogP contribution in [0.2, 0.25) is 5.02 Å². The SMILES string of the molecule is CC(O)c1ccccc1NC(=O)c1ccc(Cl)cc1. The van der Waals surface area contributed by atoms with Crippen molar-refractivity contribution < 1.29 is 9.90 Å². The number of hydrogen-bond donors (Lipinski definition) is 2. The van der Waals surface area contributed by atoms with Crippen molar-refractivity contribution in [3.8, 4) is 0 Å². The molecule has 2 aromatic rings. The molecule has 3 nitrogen and oxygen atoms in total. The number of benzene rings is 2. The van der Waals surface area contributed by atoms with Gasteiger partial charge >= 0.3 is 0 Å². The molecule has 0 spiro atoms. The number of para-hydroxylation sites is 1. The van der Waals surface area contributed by atoms with Gasteiger partial charge in [-0.2, -0.15) is 0 Å². The van der Waals surface area contributed by atoms with E-state index >= 15 is 0 Å². The molecule has 1 atom stereocenters. The molecule has 0 bridgehead atoms. The number of rotatable bonds is 3. The van der Waals surface area contributed by atoms with Crippen LogP contribution in [-0.2, 0) is 0 Å². The molecule has 19 heavy (non-hydrogen) atoms.